The Balaban J connectivity index is 1.38. The summed E-state index contributed by atoms with van der Waals surface area (Å²) in [6.45, 7) is 1.99. The lowest BCUT2D eigenvalue weighted by Crippen LogP contribution is -2.27. The minimum atomic E-state index is -0.0392. The van der Waals surface area contributed by atoms with Gasteiger partial charge in [0.15, 0.2) is 5.82 Å². The number of anilines is 1. The van der Waals surface area contributed by atoms with E-state index in [2.05, 4.69) is 31.8 Å². The molecule has 1 fully saturated rings. The molecule has 4 rings (SSSR count). The van der Waals surface area contributed by atoms with Crippen LogP contribution in [0, 0.1) is 0 Å². The Kier molecular flexibility index (Phi) is 4.71. The Morgan fingerprint density at radius 2 is 2.12 bits per heavy atom. The van der Waals surface area contributed by atoms with Gasteiger partial charge in [-0.2, -0.15) is 10.1 Å². The van der Waals surface area contributed by atoms with Crippen LogP contribution in [0.5, 0.6) is 0 Å². The lowest BCUT2D eigenvalue weighted by atomic mass is 9.98. The number of aromatic nitrogens is 4. The van der Waals surface area contributed by atoms with Gasteiger partial charge in [0, 0.05) is 36.5 Å². The molecular formula is C19H24N6O. The van der Waals surface area contributed by atoms with E-state index in [1.54, 1.807) is 4.68 Å². The number of benzene rings is 1. The minimum Gasteiger partial charge on any atom is -0.361 e. The van der Waals surface area contributed by atoms with Gasteiger partial charge >= 0.3 is 0 Å². The minimum absolute atomic E-state index is 0.0392. The van der Waals surface area contributed by atoms with E-state index in [0.29, 0.717) is 24.7 Å². The molecule has 0 saturated carbocycles. The Morgan fingerprint density at radius 3 is 2.96 bits per heavy atom. The largest absolute Gasteiger partial charge is 0.361 e. The number of aromatic amines is 1. The Hall–Kier alpha value is -2.67. The number of H-pyrrole nitrogens is 1. The van der Waals surface area contributed by atoms with Gasteiger partial charge in [0.25, 0.3) is 0 Å². The first-order valence-corrected chi connectivity index (χ1v) is 9.17. The third kappa shape index (κ3) is 3.48. The summed E-state index contributed by atoms with van der Waals surface area (Å²) in [6.07, 6.45) is 5.16. The third-order valence-electron chi connectivity index (χ3n) is 5.03. The van der Waals surface area contributed by atoms with Gasteiger partial charge in [-0.05, 0) is 44.0 Å². The zero-order chi connectivity index (χ0) is 17.9. The van der Waals surface area contributed by atoms with Crippen LogP contribution < -0.4 is 10.6 Å². The number of amides is 1. The highest BCUT2D eigenvalue weighted by Crippen LogP contribution is 2.23. The van der Waals surface area contributed by atoms with Crippen molar-refractivity contribution in [2.45, 2.75) is 31.6 Å². The second-order valence-corrected chi connectivity index (χ2v) is 6.85. The van der Waals surface area contributed by atoms with Gasteiger partial charge in [0.2, 0.25) is 11.9 Å². The van der Waals surface area contributed by atoms with Crippen molar-refractivity contribution < 1.29 is 4.79 Å². The fraction of sp³-hybridized carbons (Fsp3) is 0.421. The Bertz CT molecular complexity index is 906. The van der Waals surface area contributed by atoms with Crippen molar-refractivity contribution in [1.82, 2.24) is 25.1 Å². The van der Waals surface area contributed by atoms with Crippen LogP contribution in [0.2, 0.25) is 0 Å². The average Bonchev–Trinajstić information content (AvgIpc) is 3.25. The molecule has 0 spiro atoms. The molecule has 7 nitrogen and oxygen atoms in total. The number of carbonyl (C=O) groups excluding carboxylic acids is 1. The maximum Gasteiger partial charge on any atom is 0.227 e. The van der Waals surface area contributed by atoms with Gasteiger partial charge in [-0.15, -0.1) is 0 Å². The first kappa shape index (κ1) is 16.8. The van der Waals surface area contributed by atoms with Crippen molar-refractivity contribution in [1.29, 1.82) is 0 Å². The van der Waals surface area contributed by atoms with E-state index in [9.17, 15) is 4.79 Å². The number of carbonyl (C=O) groups is 1. The van der Waals surface area contributed by atoms with E-state index in [1.807, 2.05) is 31.4 Å². The number of piperidine rings is 1. The number of nitrogens with zero attached hydrogens (tertiary/aromatic N) is 3. The maximum absolute atomic E-state index is 12.4. The topological polar surface area (TPSA) is 87.6 Å². The predicted octanol–water partition coefficient (Wildman–Crippen LogP) is 2.33. The molecule has 1 saturated heterocycles. The van der Waals surface area contributed by atoms with Gasteiger partial charge in [-0.1, -0.05) is 18.2 Å². The van der Waals surface area contributed by atoms with Crippen molar-refractivity contribution in [2.24, 2.45) is 7.05 Å². The highest BCUT2D eigenvalue weighted by Gasteiger charge is 2.21. The van der Waals surface area contributed by atoms with E-state index >= 15 is 0 Å². The summed E-state index contributed by atoms with van der Waals surface area (Å²) in [4.78, 5) is 20.2. The smallest absolute Gasteiger partial charge is 0.227 e. The van der Waals surface area contributed by atoms with Gasteiger partial charge in [0.05, 0.1) is 0 Å². The summed E-state index contributed by atoms with van der Waals surface area (Å²) in [7, 11) is 1.83. The standard InChI is InChI=1S/C19H24N6O/c1-25-19(23-18(24-25)13-8-10-20-11-9-13)22-17(26)7-6-14-12-21-16-5-3-2-4-15(14)16/h2-5,12-13,20-21H,6-11H2,1H3,(H,22,23,24,26). The molecular weight excluding hydrogens is 328 g/mol. The normalized spacial score (nSPS) is 15.4. The second-order valence-electron chi connectivity index (χ2n) is 6.85. The highest BCUT2D eigenvalue weighted by molar-refractivity contribution is 5.90. The highest BCUT2D eigenvalue weighted by atomic mass is 16.1. The molecule has 3 N–H and O–H groups in total. The molecule has 26 heavy (non-hydrogen) atoms. The van der Waals surface area contributed by atoms with E-state index in [-0.39, 0.29) is 5.91 Å². The summed E-state index contributed by atoms with van der Waals surface area (Å²) in [5.41, 5.74) is 2.26. The lowest BCUT2D eigenvalue weighted by Gasteiger charge is -2.19. The maximum atomic E-state index is 12.4. The molecule has 1 aliphatic heterocycles. The molecule has 0 bridgehead atoms. The van der Waals surface area contributed by atoms with Crippen LogP contribution in [0.4, 0.5) is 5.95 Å². The average molecular weight is 352 g/mol. The number of fused-ring (bicyclic) bond motifs is 1. The molecule has 136 valence electrons. The zero-order valence-corrected chi connectivity index (χ0v) is 15.0. The van der Waals surface area contributed by atoms with Gasteiger partial charge in [-0.25, -0.2) is 4.68 Å². The first-order chi connectivity index (χ1) is 12.7. The number of hydrogen-bond donors (Lipinski definition) is 3. The molecule has 0 atom stereocenters. The van der Waals surface area contributed by atoms with Crippen LogP contribution in [0.25, 0.3) is 10.9 Å². The molecule has 1 aliphatic rings. The van der Waals surface area contributed by atoms with Gasteiger partial charge in [0.1, 0.15) is 0 Å². The van der Waals surface area contributed by atoms with Gasteiger partial charge in [-0.3, -0.25) is 10.1 Å². The van der Waals surface area contributed by atoms with Crippen LogP contribution in [-0.4, -0.2) is 38.7 Å². The number of para-hydroxylation sites is 1. The summed E-state index contributed by atoms with van der Waals surface area (Å²) in [6, 6.07) is 8.14. The summed E-state index contributed by atoms with van der Waals surface area (Å²) in [5.74, 6) is 1.70. The summed E-state index contributed by atoms with van der Waals surface area (Å²) < 4.78 is 1.67. The molecule has 0 radical (unpaired) electrons. The number of nitrogens with one attached hydrogen (secondary N) is 3. The molecule has 3 heterocycles. The van der Waals surface area contributed by atoms with E-state index < -0.39 is 0 Å². The molecule has 3 aromatic rings. The van der Waals surface area contributed by atoms with E-state index in [1.165, 1.54) is 5.39 Å². The zero-order valence-electron chi connectivity index (χ0n) is 15.0. The lowest BCUT2D eigenvalue weighted by molar-refractivity contribution is -0.116. The monoisotopic (exact) mass is 352 g/mol. The van der Waals surface area contributed by atoms with Crippen molar-refractivity contribution in [3.63, 3.8) is 0 Å². The van der Waals surface area contributed by atoms with E-state index in [4.69, 9.17) is 0 Å². The van der Waals surface area contributed by atoms with Crippen molar-refractivity contribution in [3.05, 3.63) is 41.9 Å². The molecule has 0 unspecified atom stereocenters. The van der Waals surface area contributed by atoms with Crippen LogP contribution in [0.1, 0.15) is 36.6 Å². The quantitative estimate of drug-likeness (QED) is 0.658. The van der Waals surface area contributed by atoms with Crippen molar-refractivity contribution in [2.75, 3.05) is 18.4 Å². The van der Waals surface area contributed by atoms with Gasteiger partial charge < -0.3 is 10.3 Å². The predicted molar refractivity (Wildman–Crippen MR) is 101 cm³/mol. The first-order valence-electron chi connectivity index (χ1n) is 9.17. The Labute approximate surface area is 152 Å². The van der Waals surface area contributed by atoms with Crippen molar-refractivity contribution >= 4 is 22.8 Å². The Morgan fingerprint density at radius 1 is 1.31 bits per heavy atom. The number of rotatable bonds is 5. The van der Waals surface area contributed by atoms with Crippen LogP contribution in [-0.2, 0) is 18.3 Å². The van der Waals surface area contributed by atoms with Crippen LogP contribution in [0.3, 0.4) is 0 Å². The van der Waals surface area contributed by atoms with Crippen LogP contribution >= 0.6 is 0 Å². The third-order valence-corrected chi connectivity index (χ3v) is 5.03. The molecule has 1 aromatic carbocycles. The second kappa shape index (κ2) is 7.29. The summed E-state index contributed by atoms with van der Waals surface area (Å²) in [5, 5.41) is 11.9. The van der Waals surface area contributed by atoms with E-state index in [0.717, 1.165) is 42.8 Å². The number of hydrogen-bond acceptors (Lipinski definition) is 4. The molecule has 2 aromatic heterocycles. The van der Waals surface area contributed by atoms with Crippen molar-refractivity contribution in [3.8, 4) is 0 Å². The van der Waals surface area contributed by atoms with Crippen LogP contribution in [0.15, 0.2) is 30.5 Å². The molecule has 0 aliphatic carbocycles. The summed E-state index contributed by atoms with van der Waals surface area (Å²) >= 11 is 0. The number of aryl methyl sites for hydroxylation is 2. The fourth-order valence-corrected chi connectivity index (χ4v) is 3.54. The SMILES string of the molecule is Cn1nc(C2CCNCC2)nc1NC(=O)CCc1c[nH]c2ccccc12. The molecule has 7 heteroatoms. The molecule has 1 amide bonds. The fourth-order valence-electron chi connectivity index (χ4n) is 3.54.